The predicted molar refractivity (Wildman–Crippen MR) is 48.6 cm³/mol. The average molecular weight is 227 g/mol. The molecule has 0 saturated heterocycles. The highest BCUT2D eigenvalue weighted by Gasteiger charge is 2.20. The summed E-state index contributed by atoms with van der Waals surface area (Å²) in [4.78, 5) is 6.79. The van der Waals surface area contributed by atoms with Crippen molar-refractivity contribution < 1.29 is 22.4 Å². The summed E-state index contributed by atoms with van der Waals surface area (Å²) in [6, 6.07) is 0. The number of H-pyrrole nitrogens is 1. The van der Waals surface area contributed by atoms with Crippen molar-refractivity contribution >= 4 is 7.25 Å². The van der Waals surface area contributed by atoms with Gasteiger partial charge in [0, 0.05) is 12.4 Å². The molecule has 1 aromatic heterocycles. The number of hydrogen-bond donors (Lipinski definition) is 2. The first-order valence-corrected chi connectivity index (χ1v) is 4.39. The fourth-order valence-corrected chi connectivity index (χ4v) is 0.870. The third kappa shape index (κ3) is 9.26. The van der Waals surface area contributed by atoms with Crippen LogP contribution in [0.2, 0.25) is 0 Å². The SMILES string of the molecule is CCCC(O)c1ncc[nH]1.F[B-](F)(F)F. The summed E-state index contributed by atoms with van der Waals surface area (Å²) in [5, 5.41) is 9.32. The topological polar surface area (TPSA) is 48.9 Å². The molecule has 0 fully saturated rings. The second kappa shape index (κ2) is 6.44. The largest absolute Gasteiger partial charge is 0.673 e. The average Bonchev–Trinajstić information content (AvgIpc) is 2.52. The molecule has 0 aliphatic rings. The Morgan fingerprint density at radius 1 is 1.47 bits per heavy atom. The van der Waals surface area contributed by atoms with Gasteiger partial charge in [0.05, 0.1) is 0 Å². The molecule has 0 saturated carbocycles. The van der Waals surface area contributed by atoms with Crippen molar-refractivity contribution in [3.05, 3.63) is 18.2 Å². The molecule has 0 aromatic carbocycles. The van der Waals surface area contributed by atoms with Gasteiger partial charge in [-0.15, -0.1) is 0 Å². The number of aliphatic hydroxyl groups excluding tert-OH is 1. The number of aliphatic hydroxyl groups is 1. The highest BCUT2D eigenvalue weighted by Crippen LogP contribution is 2.12. The minimum Gasteiger partial charge on any atom is -0.418 e. The van der Waals surface area contributed by atoms with E-state index < -0.39 is 13.4 Å². The molecule has 8 heteroatoms. The second-order valence-corrected chi connectivity index (χ2v) is 2.77. The number of halogens is 4. The fraction of sp³-hybridized carbons (Fsp3) is 0.571. The minimum absolute atomic E-state index is 0.417. The van der Waals surface area contributed by atoms with Crippen LogP contribution < -0.4 is 0 Å². The highest BCUT2D eigenvalue weighted by atomic mass is 19.5. The quantitative estimate of drug-likeness (QED) is 0.615. The van der Waals surface area contributed by atoms with Gasteiger partial charge in [-0.25, -0.2) is 4.98 Å². The number of hydrogen-bond acceptors (Lipinski definition) is 2. The van der Waals surface area contributed by atoms with Gasteiger partial charge >= 0.3 is 7.25 Å². The first-order valence-electron chi connectivity index (χ1n) is 4.39. The first-order chi connectivity index (χ1) is 6.84. The molecule has 0 bridgehead atoms. The molecule has 2 N–H and O–H groups in total. The second-order valence-electron chi connectivity index (χ2n) is 2.77. The van der Waals surface area contributed by atoms with Crippen LogP contribution in [0.15, 0.2) is 12.4 Å². The van der Waals surface area contributed by atoms with Gasteiger partial charge in [0.1, 0.15) is 11.9 Å². The lowest BCUT2D eigenvalue weighted by atomic mass is 10.2. The van der Waals surface area contributed by atoms with Crippen LogP contribution in [0.4, 0.5) is 17.3 Å². The molecule has 0 aliphatic heterocycles. The monoisotopic (exact) mass is 227 g/mol. The van der Waals surface area contributed by atoms with E-state index in [0.717, 1.165) is 12.8 Å². The van der Waals surface area contributed by atoms with E-state index in [1.165, 1.54) is 0 Å². The summed E-state index contributed by atoms with van der Waals surface area (Å²) in [5.41, 5.74) is 0. The summed E-state index contributed by atoms with van der Waals surface area (Å²) in [6.07, 6.45) is 4.69. The summed E-state index contributed by atoms with van der Waals surface area (Å²) >= 11 is 0. The van der Waals surface area contributed by atoms with Gasteiger partial charge in [-0.2, -0.15) is 0 Å². The van der Waals surface area contributed by atoms with E-state index in [4.69, 9.17) is 0 Å². The van der Waals surface area contributed by atoms with Crippen molar-refractivity contribution in [2.24, 2.45) is 0 Å². The van der Waals surface area contributed by atoms with Crippen molar-refractivity contribution in [2.45, 2.75) is 25.9 Å². The third-order valence-electron chi connectivity index (χ3n) is 1.40. The molecular weight excluding hydrogens is 215 g/mol. The van der Waals surface area contributed by atoms with Crippen LogP contribution in [-0.2, 0) is 0 Å². The van der Waals surface area contributed by atoms with Crippen molar-refractivity contribution in [3.63, 3.8) is 0 Å². The Bertz CT molecular complexity index is 246. The third-order valence-corrected chi connectivity index (χ3v) is 1.40. The lowest BCUT2D eigenvalue weighted by molar-refractivity contribution is 0.157. The smallest absolute Gasteiger partial charge is 0.418 e. The van der Waals surface area contributed by atoms with Crippen LogP contribution >= 0.6 is 0 Å². The standard InChI is InChI=1S/C7H12N2O.BF4/c1-2-3-6(10)7-8-4-5-9-7;2-1(3,4)5/h4-6,10H,2-3H2,1H3,(H,8,9);/q;-1. The molecule has 0 spiro atoms. The molecule has 1 unspecified atom stereocenters. The van der Waals surface area contributed by atoms with E-state index in [0.29, 0.717) is 5.82 Å². The van der Waals surface area contributed by atoms with Crippen LogP contribution in [0.1, 0.15) is 31.7 Å². The molecule has 0 radical (unpaired) electrons. The Hall–Kier alpha value is -1.05. The molecule has 1 rings (SSSR count). The van der Waals surface area contributed by atoms with Crippen molar-refractivity contribution in [1.29, 1.82) is 0 Å². The number of aromatic nitrogens is 2. The zero-order valence-corrected chi connectivity index (χ0v) is 8.13. The summed E-state index contributed by atoms with van der Waals surface area (Å²) in [7, 11) is -6.00. The molecule has 1 atom stereocenters. The normalized spacial score (nSPS) is 12.9. The van der Waals surface area contributed by atoms with Gasteiger partial charge in [-0.1, -0.05) is 13.3 Å². The van der Waals surface area contributed by atoms with E-state index in [9.17, 15) is 22.4 Å². The lowest BCUT2D eigenvalue weighted by Crippen LogP contribution is -2.02. The number of rotatable bonds is 3. The van der Waals surface area contributed by atoms with Gasteiger partial charge < -0.3 is 27.4 Å². The summed E-state index contributed by atoms with van der Waals surface area (Å²) in [6.45, 7) is 2.03. The molecule has 0 amide bonds. The first kappa shape index (κ1) is 14.0. The van der Waals surface area contributed by atoms with Gasteiger partial charge in [-0.3, -0.25) is 0 Å². The van der Waals surface area contributed by atoms with Crippen LogP contribution in [-0.4, -0.2) is 22.3 Å². The highest BCUT2D eigenvalue weighted by molar-refractivity contribution is 6.50. The predicted octanol–water partition coefficient (Wildman–Crippen LogP) is 2.54. The maximum absolute atomic E-state index is 9.75. The van der Waals surface area contributed by atoms with E-state index in [1.54, 1.807) is 12.4 Å². The number of aromatic amines is 1. The van der Waals surface area contributed by atoms with Gasteiger partial charge in [-0.05, 0) is 6.42 Å². The Kier molecular flexibility index (Phi) is 5.99. The number of imidazole rings is 1. The number of nitrogens with zero attached hydrogens (tertiary/aromatic N) is 1. The molecule has 1 aromatic rings. The Labute approximate surface area is 84.6 Å². The van der Waals surface area contributed by atoms with E-state index in [1.807, 2.05) is 6.92 Å². The van der Waals surface area contributed by atoms with Crippen LogP contribution in [0.3, 0.4) is 0 Å². The minimum atomic E-state index is -6.00. The Balaban J connectivity index is 0.000000336. The molecule has 3 nitrogen and oxygen atoms in total. The maximum atomic E-state index is 9.75. The van der Waals surface area contributed by atoms with E-state index in [-0.39, 0.29) is 0 Å². The lowest BCUT2D eigenvalue weighted by Gasteiger charge is -2.03. The van der Waals surface area contributed by atoms with Crippen LogP contribution in [0.5, 0.6) is 0 Å². The van der Waals surface area contributed by atoms with Crippen molar-refractivity contribution in [1.82, 2.24) is 9.97 Å². The fourth-order valence-electron chi connectivity index (χ4n) is 0.870. The van der Waals surface area contributed by atoms with Crippen LogP contribution in [0, 0.1) is 0 Å². The van der Waals surface area contributed by atoms with E-state index >= 15 is 0 Å². The molecule has 88 valence electrons. The maximum Gasteiger partial charge on any atom is 0.673 e. The van der Waals surface area contributed by atoms with Gasteiger partial charge in [0.15, 0.2) is 0 Å². The zero-order chi connectivity index (χ0) is 11.9. The van der Waals surface area contributed by atoms with E-state index in [2.05, 4.69) is 9.97 Å². The van der Waals surface area contributed by atoms with Crippen LogP contribution in [0.25, 0.3) is 0 Å². The summed E-state index contributed by atoms with van der Waals surface area (Å²) < 4.78 is 39.0. The van der Waals surface area contributed by atoms with Crippen molar-refractivity contribution in [3.8, 4) is 0 Å². The summed E-state index contributed by atoms with van der Waals surface area (Å²) in [5.74, 6) is 0.668. The molecular formula is C7H12BF4N2O-. The molecule has 0 aliphatic carbocycles. The number of nitrogens with one attached hydrogen (secondary N) is 1. The zero-order valence-electron chi connectivity index (χ0n) is 8.13. The van der Waals surface area contributed by atoms with Crippen molar-refractivity contribution in [2.75, 3.05) is 0 Å². The van der Waals surface area contributed by atoms with Gasteiger partial charge in [0.25, 0.3) is 0 Å². The Morgan fingerprint density at radius 2 is 2.00 bits per heavy atom. The van der Waals surface area contributed by atoms with Gasteiger partial charge in [0.2, 0.25) is 0 Å². The Morgan fingerprint density at radius 3 is 2.33 bits per heavy atom. The molecule has 1 heterocycles. The molecule has 15 heavy (non-hydrogen) atoms.